The minimum atomic E-state index is -0.228. The molecule has 0 unspecified atom stereocenters. The van der Waals surface area contributed by atoms with Crippen LogP contribution in [-0.4, -0.2) is 14.7 Å². The number of hydrogen-bond donors (Lipinski definition) is 0. The van der Waals surface area contributed by atoms with E-state index in [9.17, 15) is 4.79 Å². The van der Waals surface area contributed by atoms with Crippen LogP contribution >= 0.6 is 23.2 Å². The molecule has 0 bridgehead atoms. The fourth-order valence-electron chi connectivity index (χ4n) is 1.97. The number of halogens is 2. The van der Waals surface area contributed by atoms with Gasteiger partial charge in [0, 0.05) is 11.1 Å². The fourth-order valence-corrected chi connectivity index (χ4v) is 2.51. The number of benzene rings is 1. The number of hydrogen-bond acceptors (Lipinski definition) is 4. The van der Waals surface area contributed by atoms with Crippen LogP contribution in [0.1, 0.15) is 11.5 Å². The summed E-state index contributed by atoms with van der Waals surface area (Å²) in [5, 5.41) is 4.91. The van der Waals surface area contributed by atoms with Crippen molar-refractivity contribution in [3.8, 4) is 0 Å². The lowest BCUT2D eigenvalue weighted by molar-refractivity contribution is 0.371. The van der Waals surface area contributed by atoms with Crippen LogP contribution in [-0.2, 0) is 6.54 Å². The molecule has 102 valence electrons. The molecule has 5 nitrogen and oxygen atoms in total. The highest BCUT2D eigenvalue weighted by Crippen LogP contribution is 2.24. The molecule has 3 aromatic rings. The Kier molecular flexibility index (Phi) is 3.23. The largest absolute Gasteiger partial charge is 0.359 e. The molecule has 2 aromatic heterocycles. The Balaban J connectivity index is 2.14. The van der Waals surface area contributed by atoms with Gasteiger partial charge < -0.3 is 4.52 Å². The van der Waals surface area contributed by atoms with Crippen LogP contribution in [0.5, 0.6) is 0 Å². The van der Waals surface area contributed by atoms with E-state index in [1.54, 1.807) is 18.2 Å². The maximum absolute atomic E-state index is 12.4. The molecule has 2 heterocycles. The van der Waals surface area contributed by atoms with Crippen LogP contribution in [0.3, 0.4) is 0 Å². The Morgan fingerprint density at radius 2 is 2.10 bits per heavy atom. The summed E-state index contributed by atoms with van der Waals surface area (Å²) in [6, 6.07) is 4.88. The van der Waals surface area contributed by atoms with Gasteiger partial charge in [-0.05, 0) is 19.1 Å². The van der Waals surface area contributed by atoms with E-state index in [-0.39, 0.29) is 12.1 Å². The van der Waals surface area contributed by atoms with Gasteiger partial charge in [0.1, 0.15) is 0 Å². The van der Waals surface area contributed by atoms with Crippen molar-refractivity contribution < 1.29 is 4.52 Å². The third-order valence-electron chi connectivity index (χ3n) is 2.85. The molecule has 0 aliphatic rings. The van der Waals surface area contributed by atoms with Gasteiger partial charge in [0.2, 0.25) is 0 Å². The van der Waals surface area contributed by atoms with E-state index >= 15 is 0 Å². The van der Waals surface area contributed by atoms with Gasteiger partial charge in [0.25, 0.3) is 5.56 Å². The minimum absolute atomic E-state index is 0.228. The zero-order valence-electron chi connectivity index (χ0n) is 10.4. The lowest BCUT2D eigenvalue weighted by Crippen LogP contribution is -2.21. The molecule has 0 spiro atoms. The fraction of sp³-hybridized carbons (Fsp3) is 0.154. The van der Waals surface area contributed by atoms with E-state index in [4.69, 9.17) is 27.7 Å². The minimum Gasteiger partial charge on any atom is -0.359 e. The van der Waals surface area contributed by atoms with E-state index in [0.29, 0.717) is 26.7 Å². The molecule has 0 radical (unpaired) electrons. The Bertz CT molecular complexity index is 854. The van der Waals surface area contributed by atoms with Gasteiger partial charge in [-0.15, -0.1) is 0 Å². The molecule has 0 aliphatic carbocycles. The highest BCUT2D eigenvalue weighted by Gasteiger charge is 2.10. The van der Waals surface area contributed by atoms with Crippen molar-refractivity contribution >= 4 is 34.1 Å². The Hall–Kier alpha value is -1.85. The quantitative estimate of drug-likeness (QED) is 0.730. The monoisotopic (exact) mass is 309 g/mol. The lowest BCUT2D eigenvalue weighted by Gasteiger charge is -2.05. The number of nitrogens with zero attached hydrogens (tertiary/aromatic N) is 3. The molecule has 0 saturated carbocycles. The number of aromatic nitrogens is 3. The SMILES string of the molecule is Cc1cc(Cn2cnc3c(Cl)cc(Cl)cc3c2=O)on1. The summed E-state index contributed by atoms with van der Waals surface area (Å²) in [7, 11) is 0. The third kappa shape index (κ3) is 2.30. The average Bonchev–Trinajstić information content (AvgIpc) is 2.79. The number of rotatable bonds is 2. The zero-order chi connectivity index (χ0) is 14.3. The van der Waals surface area contributed by atoms with Crippen molar-refractivity contribution in [3.05, 3.63) is 56.4 Å². The summed E-state index contributed by atoms with van der Waals surface area (Å²) in [5.74, 6) is 0.582. The van der Waals surface area contributed by atoms with Crippen LogP contribution in [0, 0.1) is 6.92 Å². The smallest absolute Gasteiger partial charge is 0.261 e. The number of aryl methyl sites for hydroxylation is 1. The predicted octanol–water partition coefficient (Wildman–Crippen LogP) is 3.05. The van der Waals surface area contributed by atoms with Crippen molar-refractivity contribution in [1.82, 2.24) is 14.7 Å². The second kappa shape index (κ2) is 4.92. The van der Waals surface area contributed by atoms with E-state index in [1.165, 1.54) is 10.9 Å². The van der Waals surface area contributed by atoms with Crippen molar-refractivity contribution in [3.63, 3.8) is 0 Å². The molecule has 0 N–H and O–H groups in total. The number of fused-ring (bicyclic) bond motifs is 1. The van der Waals surface area contributed by atoms with E-state index in [0.717, 1.165) is 5.69 Å². The van der Waals surface area contributed by atoms with Gasteiger partial charge in [-0.3, -0.25) is 9.36 Å². The van der Waals surface area contributed by atoms with Gasteiger partial charge in [0.05, 0.1) is 34.5 Å². The van der Waals surface area contributed by atoms with Crippen LogP contribution in [0.2, 0.25) is 10.0 Å². The molecule has 0 aliphatic heterocycles. The predicted molar refractivity (Wildman–Crippen MR) is 76.4 cm³/mol. The van der Waals surface area contributed by atoms with Gasteiger partial charge in [-0.1, -0.05) is 28.4 Å². The summed E-state index contributed by atoms with van der Waals surface area (Å²) < 4.78 is 6.52. The van der Waals surface area contributed by atoms with Gasteiger partial charge in [0.15, 0.2) is 5.76 Å². The first-order valence-corrected chi connectivity index (χ1v) is 6.56. The molecule has 20 heavy (non-hydrogen) atoms. The van der Waals surface area contributed by atoms with Crippen molar-refractivity contribution in [2.45, 2.75) is 13.5 Å². The molecule has 0 amide bonds. The first kappa shape index (κ1) is 13.1. The molecular formula is C13H9Cl2N3O2. The summed E-state index contributed by atoms with van der Waals surface area (Å²) in [4.78, 5) is 16.6. The van der Waals surface area contributed by atoms with Gasteiger partial charge in [-0.2, -0.15) is 0 Å². The Morgan fingerprint density at radius 3 is 2.80 bits per heavy atom. The summed E-state index contributed by atoms with van der Waals surface area (Å²) >= 11 is 11.9. The Morgan fingerprint density at radius 1 is 1.30 bits per heavy atom. The normalized spacial score (nSPS) is 11.2. The summed E-state index contributed by atoms with van der Waals surface area (Å²) in [6.45, 7) is 2.07. The summed E-state index contributed by atoms with van der Waals surface area (Å²) in [6.07, 6.45) is 1.43. The molecule has 1 aromatic carbocycles. The van der Waals surface area contributed by atoms with Crippen molar-refractivity contribution in [2.75, 3.05) is 0 Å². The van der Waals surface area contributed by atoms with Crippen LogP contribution in [0.4, 0.5) is 0 Å². The second-order valence-corrected chi connectivity index (χ2v) is 5.24. The molecular weight excluding hydrogens is 301 g/mol. The third-order valence-corrected chi connectivity index (χ3v) is 3.35. The van der Waals surface area contributed by atoms with E-state index in [1.807, 2.05) is 6.92 Å². The first-order chi connectivity index (χ1) is 9.54. The second-order valence-electron chi connectivity index (χ2n) is 4.40. The average molecular weight is 310 g/mol. The molecule has 7 heteroatoms. The van der Waals surface area contributed by atoms with Crippen LogP contribution < -0.4 is 5.56 Å². The van der Waals surface area contributed by atoms with Crippen molar-refractivity contribution in [1.29, 1.82) is 0 Å². The highest BCUT2D eigenvalue weighted by atomic mass is 35.5. The zero-order valence-corrected chi connectivity index (χ0v) is 11.9. The lowest BCUT2D eigenvalue weighted by atomic mass is 10.2. The maximum atomic E-state index is 12.4. The van der Waals surface area contributed by atoms with Crippen LogP contribution in [0.15, 0.2) is 33.8 Å². The molecule has 0 atom stereocenters. The standard InChI is InChI=1S/C13H9Cl2N3O2/c1-7-2-9(20-17-7)5-18-6-16-12-10(13(18)19)3-8(14)4-11(12)15/h2-4,6H,5H2,1H3. The topological polar surface area (TPSA) is 60.9 Å². The van der Waals surface area contributed by atoms with E-state index in [2.05, 4.69) is 10.1 Å². The van der Waals surface area contributed by atoms with Crippen LogP contribution in [0.25, 0.3) is 10.9 Å². The highest BCUT2D eigenvalue weighted by molar-refractivity contribution is 6.38. The summed E-state index contributed by atoms with van der Waals surface area (Å²) in [5.41, 5.74) is 0.965. The first-order valence-electron chi connectivity index (χ1n) is 5.81. The van der Waals surface area contributed by atoms with Crippen molar-refractivity contribution in [2.24, 2.45) is 0 Å². The maximum Gasteiger partial charge on any atom is 0.261 e. The molecule has 3 rings (SSSR count). The van der Waals surface area contributed by atoms with Gasteiger partial charge >= 0.3 is 0 Å². The molecule has 0 fully saturated rings. The van der Waals surface area contributed by atoms with E-state index < -0.39 is 0 Å². The van der Waals surface area contributed by atoms with Gasteiger partial charge in [-0.25, -0.2) is 4.98 Å². The molecule has 0 saturated heterocycles. The Labute approximate surface area is 123 Å².